The van der Waals surface area contributed by atoms with E-state index in [0.29, 0.717) is 5.75 Å². The van der Waals surface area contributed by atoms with Crippen LogP contribution in [-0.4, -0.2) is 88.3 Å². The molecule has 0 aromatic carbocycles. The molecule has 0 aliphatic carbocycles. The fourth-order valence-corrected chi connectivity index (χ4v) is 2.79. The Morgan fingerprint density at radius 3 is 1.97 bits per heavy atom. The van der Waals surface area contributed by atoms with Crippen LogP contribution in [0.3, 0.4) is 0 Å². The summed E-state index contributed by atoms with van der Waals surface area (Å²) < 4.78 is 0. The number of carboxylic acid groups (broad SMARTS) is 1. The molecule has 0 aromatic rings. The second kappa shape index (κ2) is 14.9. The van der Waals surface area contributed by atoms with Crippen LogP contribution in [0.1, 0.15) is 19.3 Å². The summed E-state index contributed by atoms with van der Waals surface area (Å²) in [5, 5.41) is 25.5. The molecule has 4 amide bonds. The molecule has 14 heteroatoms. The number of aliphatic carboxylic acids is 1. The fourth-order valence-electron chi connectivity index (χ4n) is 2.15. The predicted molar refractivity (Wildman–Crippen MR) is 114 cm³/mol. The first-order valence-electron chi connectivity index (χ1n) is 8.95. The maximum atomic E-state index is 12.5. The molecule has 0 aromatic heterocycles. The summed E-state index contributed by atoms with van der Waals surface area (Å²) in [4.78, 5) is 59.2. The van der Waals surface area contributed by atoms with E-state index in [0.717, 1.165) is 0 Å². The van der Waals surface area contributed by atoms with Crippen molar-refractivity contribution in [2.24, 2.45) is 11.5 Å². The third-order valence-corrected chi connectivity index (χ3v) is 4.92. The first-order valence-corrected chi connectivity index (χ1v) is 11.0. The zero-order valence-corrected chi connectivity index (χ0v) is 18.2. The van der Waals surface area contributed by atoms with Gasteiger partial charge in [-0.05, 0) is 24.9 Å². The van der Waals surface area contributed by atoms with E-state index >= 15 is 0 Å². The Labute approximate surface area is 183 Å². The van der Waals surface area contributed by atoms with Crippen LogP contribution in [0.15, 0.2) is 0 Å². The summed E-state index contributed by atoms with van der Waals surface area (Å²) in [5.41, 5.74) is 10.6. The molecule has 0 fully saturated rings. The van der Waals surface area contributed by atoms with Gasteiger partial charge in [0.2, 0.25) is 23.6 Å². The number of carbonyl (C=O) groups excluding carboxylic acids is 4. The molecule has 0 rings (SSSR count). The van der Waals surface area contributed by atoms with Gasteiger partial charge in [-0.25, -0.2) is 4.79 Å². The molecule has 0 bridgehead atoms. The number of amides is 4. The summed E-state index contributed by atoms with van der Waals surface area (Å²) in [6.45, 7) is -0.785. The largest absolute Gasteiger partial charge is 0.480 e. The molecule has 0 heterocycles. The average molecular weight is 468 g/mol. The molecular weight excluding hydrogens is 438 g/mol. The molecule has 12 nitrogen and oxygen atoms in total. The molecule has 4 atom stereocenters. The van der Waals surface area contributed by atoms with Crippen LogP contribution in [0.5, 0.6) is 0 Å². The molecule has 0 aliphatic rings. The molecule has 0 aliphatic heterocycles. The van der Waals surface area contributed by atoms with Crippen molar-refractivity contribution in [2.45, 2.75) is 43.4 Å². The predicted octanol–water partition coefficient (Wildman–Crippen LogP) is -3.21. The normalized spacial score (nSPS) is 14.7. The van der Waals surface area contributed by atoms with Gasteiger partial charge in [0, 0.05) is 12.2 Å². The number of hydrogen-bond acceptors (Lipinski definition) is 9. The monoisotopic (exact) mass is 467 g/mol. The van der Waals surface area contributed by atoms with Crippen LogP contribution >= 0.6 is 24.4 Å². The maximum Gasteiger partial charge on any atom is 0.326 e. The molecule has 0 saturated heterocycles. The number of thiol groups is 1. The lowest BCUT2D eigenvalue weighted by Crippen LogP contribution is -2.58. The summed E-state index contributed by atoms with van der Waals surface area (Å²) >= 11 is 5.26. The molecular formula is C16H29N5O7S2. The molecule has 30 heavy (non-hydrogen) atoms. The first kappa shape index (κ1) is 28.0. The van der Waals surface area contributed by atoms with E-state index < -0.39 is 60.4 Å². The van der Waals surface area contributed by atoms with Crippen molar-refractivity contribution in [3.63, 3.8) is 0 Å². The SMILES string of the molecule is CSCCC(NC(=O)C(CCC(N)=O)NC(=O)C(CO)NC(=O)C(N)CS)C(=O)O. The summed E-state index contributed by atoms with van der Waals surface area (Å²) in [6, 6.07) is -4.94. The van der Waals surface area contributed by atoms with E-state index in [-0.39, 0.29) is 25.0 Å². The Balaban J connectivity index is 5.27. The first-order chi connectivity index (χ1) is 14.1. The lowest BCUT2D eigenvalue weighted by atomic mass is 10.1. The minimum absolute atomic E-state index is 0.00185. The van der Waals surface area contributed by atoms with Crippen LogP contribution < -0.4 is 27.4 Å². The molecule has 0 spiro atoms. The van der Waals surface area contributed by atoms with Crippen molar-refractivity contribution in [3.8, 4) is 0 Å². The third-order valence-electron chi connectivity index (χ3n) is 3.89. The lowest BCUT2D eigenvalue weighted by Gasteiger charge is -2.24. The van der Waals surface area contributed by atoms with Gasteiger partial charge < -0.3 is 37.6 Å². The van der Waals surface area contributed by atoms with E-state index in [1.165, 1.54) is 11.8 Å². The number of carboxylic acids is 1. The number of primary amides is 1. The van der Waals surface area contributed by atoms with Crippen molar-refractivity contribution >= 4 is 54.0 Å². The third kappa shape index (κ3) is 10.7. The van der Waals surface area contributed by atoms with Gasteiger partial charge >= 0.3 is 5.97 Å². The van der Waals surface area contributed by atoms with E-state index in [9.17, 15) is 34.2 Å². The lowest BCUT2D eigenvalue weighted by molar-refractivity contribution is -0.142. The number of thioether (sulfide) groups is 1. The van der Waals surface area contributed by atoms with Crippen LogP contribution in [-0.2, 0) is 24.0 Å². The van der Waals surface area contributed by atoms with Crippen molar-refractivity contribution in [1.29, 1.82) is 0 Å². The number of nitrogens with two attached hydrogens (primary N) is 2. The van der Waals surface area contributed by atoms with Crippen molar-refractivity contribution in [3.05, 3.63) is 0 Å². The zero-order chi connectivity index (χ0) is 23.3. The van der Waals surface area contributed by atoms with E-state index in [2.05, 4.69) is 28.6 Å². The number of rotatable bonds is 15. The number of aliphatic hydroxyl groups is 1. The van der Waals surface area contributed by atoms with Crippen molar-refractivity contribution in [1.82, 2.24) is 16.0 Å². The average Bonchev–Trinajstić information content (AvgIpc) is 2.70. The van der Waals surface area contributed by atoms with Crippen LogP contribution in [0.25, 0.3) is 0 Å². The van der Waals surface area contributed by atoms with Gasteiger partial charge in [-0.2, -0.15) is 24.4 Å². The van der Waals surface area contributed by atoms with Crippen molar-refractivity contribution < 1.29 is 34.2 Å². The Morgan fingerprint density at radius 1 is 0.967 bits per heavy atom. The molecule has 9 N–H and O–H groups in total. The van der Waals surface area contributed by atoms with Gasteiger partial charge in [0.15, 0.2) is 0 Å². The highest BCUT2D eigenvalue weighted by molar-refractivity contribution is 7.98. The van der Waals surface area contributed by atoms with Gasteiger partial charge in [-0.3, -0.25) is 19.2 Å². The summed E-state index contributed by atoms with van der Waals surface area (Å²) in [7, 11) is 0. The molecule has 0 saturated carbocycles. The highest BCUT2D eigenvalue weighted by Gasteiger charge is 2.30. The number of hydrogen-bond donors (Lipinski definition) is 8. The van der Waals surface area contributed by atoms with Crippen LogP contribution in [0.2, 0.25) is 0 Å². The van der Waals surface area contributed by atoms with E-state index in [1.54, 1.807) is 6.26 Å². The van der Waals surface area contributed by atoms with Gasteiger partial charge in [0.05, 0.1) is 12.6 Å². The minimum Gasteiger partial charge on any atom is -0.480 e. The van der Waals surface area contributed by atoms with E-state index in [4.69, 9.17) is 11.5 Å². The standard InChI is InChI=1S/C16H29N5O7S2/c1-30-5-4-10(16(27)28)20-14(25)9(2-3-12(18)23)19-15(26)11(6-22)21-13(24)8(17)7-29/h8-11,22,29H,2-7,17H2,1H3,(H2,18,23)(H,19,26)(H,20,25)(H,21,24)(H,27,28). The van der Waals surface area contributed by atoms with Crippen LogP contribution in [0.4, 0.5) is 0 Å². The Hall–Kier alpha value is -2.03. The summed E-state index contributed by atoms with van der Waals surface area (Å²) in [5.74, 6) is -4.00. The minimum atomic E-state index is -1.42. The van der Waals surface area contributed by atoms with Gasteiger partial charge in [0.1, 0.15) is 18.1 Å². The number of carbonyl (C=O) groups is 5. The smallest absolute Gasteiger partial charge is 0.326 e. The maximum absolute atomic E-state index is 12.5. The van der Waals surface area contributed by atoms with Gasteiger partial charge in [-0.15, -0.1) is 0 Å². The Kier molecular flexibility index (Phi) is 13.9. The number of nitrogens with one attached hydrogen (secondary N) is 3. The highest BCUT2D eigenvalue weighted by atomic mass is 32.2. The Bertz CT molecular complexity index is 623. The van der Waals surface area contributed by atoms with Gasteiger partial charge in [-0.1, -0.05) is 0 Å². The second-order valence-corrected chi connectivity index (χ2v) is 7.63. The quantitative estimate of drug-likeness (QED) is 0.114. The van der Waals surface area contributed by atoms with Gasteiger partial charge in [0.25, 0.3) is 0 Å². The highest BCUT2D eigenvalue weighted by Crippen LogP contribution is 2.04. The van der Waals surface area contributed by atoms with E-state index in [1.807, 2.05) is 0 Å². The molecule has 172 valence electrons. The van der Waals surface area contributed by atoms with Crippen LogP contribution in [0, 0.1) is 0 Å². The number of aliphatic hydroxyl groups excluding tert-OH is 1. The topological polar surface area (TPSA) is 214 Å². The molecule has 4 unspecified atom stereocenters. The summed E-state index contributed by atoms with van der Waals surface area (Å²) in [6.07, 6.45) is 1.46. The zero-order valence-electron chi connectivity index (χ0n) is 16.5. The second-order valence-electron chi connectivity index (χ2n) is 6.28. The fraction of sp³-hybridized carbons (Fsp3) is 0.688. The Morgan fingerprint density at radius 2 is 1.50 bits per heavy atom. The molecule has 0 radical (unpaired) electrons. The van der Waals surface area contributed by atoms with Crippen molar-refractivity contribution in [2.75, 3.05) is 24.4 Å².